The zero-order valence-electron chi connectivity index (χ0n) is 13.2. The predicted molar refractivity (Wildman–Crippen MR) is 86.7 cm³/mol. The van der Waals surface area contributed by atoms with E-state index in [0.29, 0.717) is 12.1 Å². The minimum absolute atomic E-state index is 0.0426. The highest BCUT2D eigenvalue weighted by atomic mass is 16.2. The Morgan fingerprint density at radius 2 is 2.13 bits per heavy atom. The molecule has 1 amide bonds. The van der Waals surface area contributed by atoms with E-state index in [2.05, 4.69) is 15.1 Å². The van der Waals surface area contributed by atoms with Crippen LogP contribution in [-0.2, 0) is 6.42 Å². The number of aromatic nitrogens is 4. The summed E-state index contributed by atoms with van der Waals surface area (Å²) in [6.07, 6.45) is 5.26. The number of rotatable bonds is 1. The Balaban J connectivity index is 1.80. The molecule has 4 rings (SSSR count). The molecular formula is C17H17N5O. The summed E-state index contributed by atoms with van der Waals surface area (Å²) in [6, 6.07) is 5.73. The van der Waals surface area contributed by atoms with Crippen LogP contribution in [0.4, 0.5) is 5.69 Å². The summed E-state index contributed by atoms with van der Waals surface area (Å²) in [4.78, 5) is 23.6. The summed E-state index contributed by atoms with van der Waals surface area (Å²) in [5.74, 6) is -0.0426. The average molecular weight is 307 g/mol. The maximum atomic E-state index is 13.1. The van der Waals surface area contributed by atoms with Crippen LogP contribution in [0.1, 0.15) is 33.9 Å². The van der Waals surface area contributed by atoms with Crippen molar-refractivity contribution in [2.75, 3.05) is 11.4 Å². The molecule has 0 atom stereocenters. The molecule has 23 heavy (non-hydrogen) atoms. The highest BCUT2D eigenvalue weighted by Crippen LogP contribution is 2.27. The molecular weight excluding hydrogens is 290 g/mol. The van der Waals surface area contributed by atoms with Crippen LogP contribution in [0.2, 0.25) is 0 Å². The molecule has 0 fully saturated rings. The number of amides is 1. The van der Waals surface area contributed by atoms with Crippen LogP contribution in [0.3, 0.4) is 0 Å². The average Bonchev–Trinajstić information content (AvgIpc) is 2.95. The first kappa shape index (κ1) is 13.9. The molecule has 0 radical (unpaired) electrons. The number of hydrogen-bond donors (Lipinski definition) is 0. The van der Waals surface area contributed by atoms with Crippen LogP contribution < -0.4 is 4.90 Å². The first-order valence-corrected chi connectivity index (χ1v) is 7.73. The minimum atomic E-state index is -0.0426. The highest BCUT2D eigenvalue weighted by Gasteiger charge is 2.26. The van der Waals surface area contributed by atoms with Gasteiger partial charge in [-0.1, -0.05) is 0 Å². The maximum absolute atomic E-state index is 13.1. The van der Waals surface area contributed by atoms with E-state index in [1.807, 2.05) is 32.0 Å². The number of nitrogens with zero attached hydrogens (tertiary/aromatic N) is 5. The smallest absolute Gasteiger partial charge is 0.261 e. The Morgan fingerprint density at radius 3 is 3.00 bits per heavy atom. The number of hydrogen-bond acceptors (Lipinski definition) is 4. The quantitative estimate of drug-likeness (QED) is 0.692. The molecule has 0 spiro atoms. The molecule has 6 heteroatoms. The highest BCUT2D eigenvalue weighted by molar-refractivity contribution is 6.07. The topological polar surface area (TPSA) is 63.4 Å². The lowest BCUT2D eigenvalue weighted by atomic mass is 10.1. The Hall–Kier alpha value is -2.76. The maximum Gasteiger partial charge on any atom is 0.261 e. The number of fused-ring (bicyclic) bond motifs is 2. The summed E-state index contributed by atoms with van der Waals surface area (Å²) in [5, 5.41) is 4.42. The number of anilines is 1. The van der Waals surface area contributed by atoms with Crippen molar-refractivity contribution in [1.29, 1.82) is 0 Å². The van der Waals surface area contributed by atoms with E-state index in [-0.39, 0.29) is 5.91 Å². The monoisotopic (exact) mass is 307 g/mol. The van der Waals surface area contributed by atoms with E-state index in [0.717, 1.165) is 41.3 Å². The van der Waals surface area contributed by atoms with Gasteiger partial charge in [0.25, 0.3) is 5.91 Å². The summed E-state index contributed by atoms with van der Waals surface area (Å²) >= 11 is 0. The lowest BCUT2D eigenvalue weighted by Crippen LogP contribution is -2.36. The number of carbonyl (C=O) groups is 1. The lowest BCUT2D eigenvalue weighted by Gasteiger charge is -2.29. The van der Waals surface area contributed by atoms with Gasteiger partial charge in [-0.25, -0.2) is 9.50 Å². The van der Waals surface area contributed by atoms with Crippen molar-refractivity contribution < 1.29 is 4.79 Å². The summed E-state index contributed by atoms with van der Waals surface area (Å²) in [5.41, 5.74) is 4.92. The SMILES string of the molecule is Cc1cc2ncc(C(=O)N3CCCc4ncccc43)c(C)n2n1. The first-order valence-electron chi connectivity index (χ1n) is 7.73. The number of carbonyl (C=O) groups excluding carboxylic acids is 1. The third kappa shape index (κ3) is 2.18. The largest absolute Gasteiger partial charge is 0.306 e. The summed E-state index contributed by atoms with van der Waals surface area (Å²) in [7, 11) is 0. The van der Waals surface area contributed by atoms with E-state index in [4.69, 9.17) is 0 Å². The Labute approximate surface area is 133 Å². The van der Waals surface area contributed by atoms with Crippen molar-refractivity contribution in [2.45, 2.75) is 26.7 Å². The van der Waals surface area contributed by atoms with E-state index in [1.54, 1.807) is 21.8 Å². The molecule has 0 unspecified atom stereocenters. The van der Waals surface area contributed by atoms with E-state index >= 15 is 0 Å². The summed E-state index contributed by atoms with van der Waals surface area (Å²) in [6.45, 7) is 4.53. The Morgan fingerprint density at radius 1 is 1.26 bits per heavy atom. The van der Waals surface area contributed by atoms with Crippen molar-refractivity contribution in [3.8, 4) is 0 Å². The molecule has 1 aliphatic rings. The third-order valence-electron chi connectivity index (χ3n) is 4.27. The van der Waals surface area contributed by atoms with Gasteiger partial charge in [-0.15, -0.1) is 0 Å². The molecule has 0 saturated heterocycles. The van der Waals surface area contributed by atoms with Gasteiger partial charge < -0.3 is 4.90 Å². The van der Waals surface area contributed by atoms with E-state index < -0.39 is 0 Å². The van der Waals surface area contributed by atoms with Crippen molar-refractivity contribution in [2.24, 2.45) is 0 Å². The predicted octanol–water partition coefficient (Wildman–Crippen LogP) is 2.33. The van der Waals surface area contributed by atoms with Crippen LogP contribution in [-0.4, -0.2) is 32.0 Å². The van der Waals surface area contributed by atoms with Gasteiger partial charge in [0.15, 0.2) is 5.65 Å². The second-order valence-corrected chi connectivity index (χ2v) is 5.84. The first-order chi connectivity index (χ1) is 11.1. The molecule has 4 heterocycles. The fourth-order valence-corrected chi connectivity index (χ4v) is 3.12. The normalized spacial score (nSPS) is 14.1. The molecule has 0 aliphatic carbocycles. The van der Waals surface area contributed by atoms with Crippen molar-refractivity contribution in [3.63, 3.8) is 0 Å². The van der Waals surface area contributed by atoms with Gasteiger partial charge >= 0.3 is 0 Å². The van der Waals surface area contributed by atoms with Crippen molar-refractivity contribution in [1.82, 2.24) is 19.6 Å². The van der Waals surface area contributed by atoms with Crippen LogP contribution in [0.25, 0.3) is 5.65 Å². The van der Waals surface area contributed by atoms with Crippen LogP contribution in [0, 0.1) is 13.8 Å². The fourth-order valence-electron chi connectivity index (χ4n) is 3.12. The second-order valence-electron chi connectivity index (χ2n) is 5.84. The molecule has 1 aliphatic heterocycles. The fraction of sp³-hybridized carbons (Fsp3) is 0.294. The van der Waals surface area contributed by atoms with Crippen LogP contribution >= 0.6 is 0 Å². The van der Waals surface area contributed by atoms with E-state index in [9.17, 15) is 4.79 Å². The van der Waals surface area contributed by atoms with Crippen molar-refractivity contribution in [3.05, 3.63) is 53.2 Å². The molecule has 0 N–H and O–H groups in total. The van der Waals surface area contributed by atoms with Gasteiger partial charge in [-0.2, -0.15) is 5.10 Å². The van der Waals surface area contributed by atoms with Crippen molar-refractivity contribution >= 4 is 17.2 Å². The summed E-state index contributed by atoms with van der Waals surface area (Å²) < 4.78 is 1.73. The zero-order valence-corrected chi connectivity index (χ0v) is 13.2. The second kappa shape index (κ2) is 5.15. The van der Waals surface area contributed by atoms with Gasteiger partial charge in [0, 0.05) is 25.0 Å². The van der Waals surface area contributed by atoms with Crippen LogP contribution in [0.15, 0.2) is 30.6 Å². The molecule has 116 valence electrons. The van der Waals surface area contributed by atoms with Gasteiger partial charge in [-0.3, -0.25) is 9.78 Å². The number of pyridine rings is 1. The molecule has 6 nitrogen and oxygen atoms in total. The molecule has 0 aromatic carbocycles. The van der Waals surface area contributed by atoms with Gasteiger partial charge in [0.1, 0.15) is 0 Å². The Bertz CT molecular complexity index is 914. The number of aryl methyl sites for hydroxylation is 3. The molecule has 0 saturated carbocycles. The van der Waals surface area contributed by atoms with Gasteiger partial charge in [0.2, 0.25) is 0 Å². The molecule has 0 bridgehead atoms. The van der Waals surface area contributed by atoms with Gasteiger partial charge in [0.05, 0.1) is 28.3 Å². The van der Waals surface area contributed by atoms with Gasteiger partial charge in [-0.05, 0) is 38.8 Å². The third-order valence-corrected chi connectivity index (χ3v) is 4.27. The van der Waals surface area contributed by atoms with Crippen LogP contribution in [0.5, 0.6) is 0 Å². The molecule has 3 aromatic rings. The Kier molecular flexibility index (Phi) is 3.11. The standard InChI is InChI=1S/C17H17N5O/c1-11-9-16-19-10-13(12(2)22(16)20-11)17(23)21-8-4-5-14-15(21)6-3-7-18-14/h3,6-7,9-10H,4-5,8H2,1-2H3. The zero-order chi connectivity index (χ0) is 16.0. The van der Waals surface area contributed by atoms with E-state index in [1.165, 1.54) is 0 Å². The lowest BCUT2D eigenvalue weighted by molar-refractivity contribution is 0.0983. The molecule has 3 aromatic heterocycles. The minimum Gasteiger partial charge on any atom is -0.306 e.